The average molecular weight is 343 g/mol. The van der Waals surface area contributed by atoms with Crippen molar-refractivity contribution in [2.75, 3.05) is 13.2 Å². The summed E-state index contributed by atoms with van der Waals surface area (Å²) in [5.74, 6) is -3.34. The molecule has 134 valence electrons. The molecule has 7 N–H and O–H groups in total. The van der Waals surface area contributed by atoms with Crippen LogP contribution in [0.25, 0.3) is 0 Å². The average Bonchev–Trinajstić information content (AvgIpc) is 2.77. The van der Waals surface area contributed by atoms with Gasteiger partial charge in [-0.1, -0.05) is 12.1 Å². The molecule has 0 amide bonds. The molecule has 1 aromatic rings. The summed E-state index contributed by atoms with van der Waals surface area (Å²) in [6, 6.07) is 4.88. The van der Waals surface area contributed by atoms with E-state index in [0.29, 0.717) is 5.56 Å². The molecule has 2 rings (SSSR count). The molecule has 0 bridgehead atoms. The zero-order valence-corrected chi connectivity index (χ0v) is 12.7. The molecule has 0 saturated carbocycles. The largest absolute Gasteiger partial charge is 0.508 e. The van der Waals surface area contributed by atoms with Gasteiger partial charge in [-0.3, -0.25) is 10.1 Å². The highest BCUT2D eigenvalue weighted by atomic mass is 16.7. The maximum atomic E-state index is 11.4. The molecule has 0 radical (unpaired) electrons. The quantitative estimate of drug-likeness (QED) is 0.291. The van der Waals surface area contributed by atoms with Gasteiger partial charge in [-0.25, -0.2) is 0 Å². The minimum atomic E-state index is -2.21. The highest BCUT2D eigenvalue weighted by molar-refractivity contribution is 5.73. The lowest BCUT2D eigenvalue weighted by atomic mass is 10.0. The summed E-state index contributed by atoms with van der Waals surface area (Å²) in [7, 11) is 0. The fourth-order valence-electron chi connectivity index (χ4n) is 2.55. The van der Waals surface area contributed by atoms with Crippen LogP contribution >= 0.6 is 0 Å². The van der Waals surface area contributed by atoms with Crippen molar-refractivity contribution in [2.45, 2.75) is 36.6 Å². The van der Waals surface area contributed by atoms with Gasteiger partial charge in [0.05, 0.1) is 13.2 Å². The van der Waals surface area contributed by atoms with Crippen molar-refractivity contribution in [3.8, 4) is 5.75 Å². The zero-order valence-electron chi connectivity index (χ0n) is 12.7. The lowest BCUT2D eigenvalue weighted by molar-refractivity contribution is -0.227. The summed E-state index contributed by atoms with van der Waals surface area (Å²) in [4.78, 5) is 11.4. The maximum absolute atomic E-state index is 11.4. The molecule has 5 unspecified atom stereocenters. The lowest BCUT2D eigenvalue weighted by Gasteiger charge is -2.28. The van der Waals surface area contributed by atoms with E-state index in [1.54, 1.807) is 12.1 Å². The number of hydrogen-bond donors (Lipinski definition) is 7. The third-order valence-electron chi connectivity index (χ3n) is 3.98. The topological polar surface area (TPSA) is 160 Å². The second-order valence-corrected chi connectivity index (χ2v) is 5.76. The number of benzene rings is 1. The van der Waals surface area contributed by atoms with E-state index in [-0.39, 0.29) is 12.2 Å². The fourth-order valence-corrected chi connectivity index (χ4v) is 2.55. The van der Waals surface area contributed by atoms with E-state index in [9.17, 15) is 30.3 Å². The Kier molecular flexibility index (Phi) is 5.75. The first-order valence-electron chi connectivity index (χ1n) is 7.38. The highest BCUT2D eigenvalue weighted by Gasteiger charge is 2.53. The molecule has 24 heavy (non-hydrogen) atoms. The Bertz CT molecular complexity index is 565. The third-order valence-corrected chi connectivity index (χ3v) is 3.98. The second kappa shape index (κ2) is 7.43. The van der Waals surface area contributed by atoms with Crippen molar-refractivity contribution in [1.29, 1.82) is 0 Å². The van der Waals surface area contributed by atoms with Gasteiger partial charge in [-0.2, -0.15) is 0 Å². The highest BCUT2D eigenvalue weighted by Crippen LogP contribution is 2.28. The molecule has 1 aliphatic heterocycles. The minimum absolute atomic E-state index is 0.0550. The minimum Gasteiger partial charge on any atom is -0.508 e. The van der Waals surface area contributed by atoms with Crippen LogP contribution in [0, 0.1) is 0 Å². The molecule has 1 saturated heterocycles. The Labute approximate surface area is 137 Å². The van der Waals surface area contributed by atoms with Crippen LogP contribution in [0.5, 0.6) is 5.75 Å². The second-order valence-electron chi connectivity index (χ2n) is 5.76. The molecule has 9 nitrogen and oxygen atoms in total. The number of ether oxygens (including phenoxy) is 1. The van der Waals surface area contributed by atoms with Gasteiger partial charge in [-0.15, -0.1) is 0 Å². The van der Waals surface area contributed by atoms with Crippen LogP contribution < -0.4 is 5.32 Å². The molecule has 1 fully saturated rings. The number of aliphatic carboxylic acids is 1. The number of carboxylic acids is 1. The normalized spacial score (nSPS) is 31.1. The first-order chi connectivity index (χ1) is 11.3. The molecule has 0 aliphatic carbocycles. The molecule has 9 heteroatoms. The van der Waals surface area contributed by atoms with Crippen LogP contribution in [0.4, 0.5) is 0 Å². The number of nitrogens with one attached hydrogen (secondary N) is 1. The Balaban J connectivity index is 2.01. The van der Waals surface area contributed by atoms with Crippen LogP contribution in [0.2, 0.25) is 0 Å². The third kappa shape index (κ3) is 4.01. The maximum Gasteiger partial charge on any atom is 0.321 e. The first kappa shape index (κ1) is 18.6. The van der Waals surface area contributed by atoms with E-state index in [2.05, 4.69) is 5.32 Å². The van der Waals surface area contributed by atoms with E-state index in [1.165, 1.54) is 12.1 Å². The summed E-state index contributed by atoms with van der Waals surface area (Å²) in [5.41, 5.74) is 0.640. The van der Waals surface area contributed by atoms with Crippen LogP contribution in [0.3, 0.4) is 0 Å². The predicted molar refractivity (Wildman–Crippen MR) is 80.2 cm³/mol. The molecule has 5 atom stereocenters. The van der Waals surface area contributed by atoms with Crippen molar-refractivity contribution in [3.05, 3.63) is 29.8 Å². The van der Waals surface area contributed by atoms with E-state index >= 15 is 0 Å². The summed E-state index contributed by atoms with van der Waals surface area (Å²) in [6.45, 7) is -1.06. The van der Waals surface area contributed by atoms with Gasteiger partial charge < -0.3 is 35.4 Å². The van der Waals surface area contributed by atoms with Gasteiger partial charge in [0, 0.05) is 0 Å². The van der Waals surface area contributed by atoms with Crippen molar-refractivity contribution in [1.82, 2.24) is 5.32 Å². The summed E-state index contributed by atoms with van der Waals surface area (Å²) in [5, 5.41) is 59.8. The van der Waals surface area contributed by atoms with Crippen molar-refractivity contribution in [2.24, 2.45) is 0 Å². The fraction of sp³-hybridized carbons (Fsp3) is 0.533. The summed E-state index contributed by atoms with van der Waals surface area (Å²) in [6.07, 6.45) is -4.27. The van der Waals surface area contributed by atoms with E-state index < -0.39 is 49.3 Å². The van der Waals surface area contributed by atoms with E-state index in [0.717, 1.165) is 0 Å². The number of aliphatic hydroxyl groups excluding tert-OH is 3. The molecule has 1 aliphatic rings. The molecule has 0 aromatic heterocycles. The molecular formula is C15H21NO8. The monoisotopic (exact) mass is 343 g/mol. The van der Waals surface area contributed by atoms with E-state index in [4.69, 9.17) is 9.84 Å². The van der Waals surface area contributed by atoms with Gasteiger partial charge in [0.15, 0.2) is 0 Å². The predicted octanol–water partition coefficient (Wildman–Crippen LogP) is -2.22. The summed E-state index contributed by atoms with van der Waals surface area (Å²) >= 11 is 0. The Hall–Kier alpha value is -1.75. The van der Waals surface area contributed by atoms with Gasteiger partial charge >= 0.3 is 5.97 Å². The van der Waals surface area contributed by atoms with Crippen molar-refractivity contribution >= 4 is 5.97 Å². The number of phenols is 1. The Morgan fingerprint density at radius 1 is 1.29 bits per heavy atom. The van der Waals surface area contributed by atoms with Crippen molar-refractivity contribution in [3.63, 3.8) is 0 Å². The Morgan fingerprint density at radius 3 is 2.42 bits per heavy atom. The van der Waals surface area contributed by atoms with Gasteiger partial charge in [0.1, 0.15) is 30.1 Å². The lowest BCUT2D eigenvalue weighted by Crippen LogP contribution is -2.54. The van der Waals surface area contributed by atoms with Crippen molar-refractivity contribution < 1.29 is 40.2 Å². The van der Waals surface area contributed by atoms with Crippen LogP contribution in [-0.2, 0) is 16.0 Å². The molecule has 0 spiro atoms. The smallest absolute Gasteiger partial charge is 0.321 e. The van der Waals surface area contributed by atoms with Gasteiger partial charge in [0.25, 0.3) is 0 Å². The van der Waals surface area contributed by atoms with E-state index in [1.807, 2.05) is 0 Å². The van der Waals surface area contributed by atoms with Crippen LogP contribution in [0.15, 0.2) is 24.3 Å². The molecular weight excluding hydrogens is 322 g/mol. The number of hydrogen-bond acceptors (Lipinski definition) is 8. The van der Waals surface area contributed by atoms with Crippen LogP contribution in [0.1, 0.15) is 5.56 Å². The van der Waals surface area contributed by atoms with Crippen LogP contribution in [-0.4, -0.2) is 79.9 Å². The first-order valence-corrected chi connectivity index (χ1v) is 7.38. The molecule has 1 aromatic carbocycles. The van der Waals surface area contributed by atoms with Gasteiger partial charge in [-0.05, 0) is 24.1 Å². The number of phenolic OH excluding ortho intramolecular Hbond substituents is 1. The van der Waals surface area contributed by atoms with Gasteiger partial charge in [0.2, 0.25) is 5.79 Å². The Morgan fingerprint density at radius 2 is 1.92 bits per heavy atom. The number of aromatic hydroxyl groups is 1. The number of carbonyl (C=O) groups is 1. The zero-order chi connectivity index (χ0) is 17.9. The SMILES string of the molecule is O=C(O)C(Cc1ccc(O)cc1)NCC1(O)OC(CO)C(O)C1O. The summed E-state index contributed by atoms with van der Waals surface area (Å²) < 4.78 is 5.04. The number of carboxylic acid groups (broad SMARTS) is 1. The standard InChI is InChI=1S/C15H21NO8/c17-6-11-12(19)13(20)15(23,24-11)7-16-10(14(21)22)5-8-1-3-9(18)4-2-8/h1-4,10-13,16-20,23H,5-7H2,(H,21,22). The number of aliphatic hydroxyl groups is 4. The molecule has 1 heterocycles. The number of rotatable bonds is 7.